The molecule has 2 aliphatic heterocycles. The van der Waals surface area contributed by atoms with Gasteiger partial charge >= 0.3 is 0 Å². The number of carbonyl (C=O) groups excluding carboxylic acids is 4. The van der Waals surface area contributed by atoms with Crippen LogP contribution in [0, 0.1) is 0 Å². The molecule has 2 heterocycles. The van der Waals surface area contributed by atoms with Crippen LogP contribution in [0.3, 0.4) is 0 Å². The lowest BCUT2D eigenvalue weighted by atomic mass is 9.80. The van der Waals surface area contributed by atoms with E-state index in [1.54, 1.807) is 6.07 Å². The first-order valence-corrected chi connectivity index (χ1v) is 8.35. The van der Waals surface area contributed by atoms with Crippen molar-refractivity contribution in [3.05, 3.63) is 34.9 Å². The van der Waals surface area contributed by atoms with Gasteiger partial charge in [0.1, 0.15) is 5.54 Å². The van der Waals surface area contributed by atoms with E-state index in [4.69, 9.17) is 10.5 Å². The molecule has 9 heteroatoms. The van der Waals surface area contributed by atoms with Crippen molar-refractivity contribution >= 4 is 23.6 Å². The third-order valence-electron chi connectivity index (χ3n) is 4.53. The van der Waals surface area contributed by atoms with Gasteiger partial charge in [-0.05, 0) is 24.1 Å². The van der Waals surface area contributed by atoms with Crippen LogP contribution in [0.25, 0.3) is 0 Å². The van der Waals surface area contributed by atoms with E-state index in [1.165, 1.54) is 12.1 Å². The first-order valence-electron chi connectivity index (χ1n) is 8.35. The highest BCUT2D eigenvalue weighted by atomic mass is 16.5. The quantitative estimate of drug-likeness (QED) is 0.352. The van der Waals surface area contributed by atoms with Crippen LogP contribution in [0.4, 0.5) is 0 Å². The lowest BCUT2D eigenvalue weighted by molar-refractivity contribution is -0.139. The Kier molecular flexibility index (Phi) is 5.12. The van der Waals surface area contributed by atoms with Gasteiger partial charge in [0.2, 0.25) is 5.91 Å². The van der Waals surface area contributed by atoms with Gasteiger partial charge in [-0.15, -0.1) is 0 Å². The Balaban J connectivity index is 1.90. The Morgan fingerprint density at radius 2 is 1.85 bits per heavy atom. The molecule has 0 saturated carbocycles. The van der Waals surface area contributed by atoms with Crippen molar-refractivity contribution in [3.8, 4) is 0 Å². The highest BCUT2D eigenvalue weighted by molar-refractivity contribution is 6.21. The Bertz CT molecular complexity index is 778. The number of nitrogens with two attached hydrogens (primary N) is 1. The van der Waals surface area contributed by atoms with Gasteiger partial charge in [0, 0.05) is 19.5 Å². The minimum absolute atomic E-state index is 0.157. The minimum Gasteiger partial charge on any atom is -0.379 e. The molecule has 138 valence electrons. The monoisotopic (exact) mass is 360 g/mol. The number of nitrogens with one attached hydrogen (secondary N) is 3. The second kappa shape index (κ2) is 7.32. The fourth-order valence-electron chi connectivity index (χ4n) is 3.21. The number of fused-ring (bicyclic) bond motifs is 1. The number of benzene rings is 1. The first kappa shape index (κ1) is 18.2. The van der Waals surface area contributed by atoms with Crippen molar-refractivity contribution in [2.24, 2.45) is 5.73 Å². The zero-order valence-corrected chi connectivity index (χ0v) is 14.1. The number of piperidine rings is 1. The molecule has 0 spiro atoms. The summed E-state index contributed by atoms with van der Waals surface area (Å²) in [6.45, 7) is 1.49. The van der Waals surface area contributed by atoms with Gasteiger partial charge in [-0.3, -0.25) is 35.1 Å². The standard InChI is InChI=1S/C17H20N4O5/c18-5-7-26-8-6-19-17(4-3-13(22)20-16(17)25)10-1-2-11-12(9-10)15(24)21-14(11)23/h1-2,9,19H,3-8,18H2,(H,20,22,25)(H,21,23,24). The summed E-state index contributed by atoms with van der Waals surface area (Å²) in [4.78, 5) is 47.9. The molecule has 0 aliphatic carbocycles. The molecule has 0 radical (unpaired) electrons. The van der Waals surface area contributed by atoms with E-state index >= 15 is 0 Å². The molecule has 1 unspecified atom stereocenters. The molecule has 1 fully saturated rings. The molecule has 0 bridgehead atoms. The lowest BCUT2D eigenvalue weighted by Crippen LogP contribution is -2.59. The fraction of sp³-hybridized carbons (Fsp3) is 0.412. The molecule has 4 amide bonds. The lowest BCUT2D eigenvalue weighted by Gasteiger charge is -2.37. The third-order valence-corrected chi connectivity index (χ3v) is 4.53. The summed E-state index contributed by atoms with van der Waals surface area (Å²) in [5.74, 6) is -1.80. The number of imide groups is 2. The number of ether oxygens (including phenoxy) is 1. The molecule has 0 aromatic heterocycles. The Hall–Kier alpha value is -2.62. The van der Waals surface area contributed by atoms with E-state index in [9.17, 15) is 19.2 Å². The molecule has 1 saturated heterocycles. The maximum atomic E-state index is 12.7. The predicted octanol–water partition coefficient (Wildman–Crippen LogP) is -1.23. The van der Waals surface area contributed by atoms with Crippen LogP contribution in [0.15, 0.2) is 18.2 Å². The number of rotatable bonds is 7. The summed E-state index contributed by atoms with van der Waals surface area (Å²) >= 11 is 0. The first-order chi connectivity index (χ1) is 12.5. The van der Waals surface area contributed by atoms with Crippen molar-refractivity contribution in [3.63, 3.8) is 0 Å². The molecule has 9 nitrogen and oxygen atoms in total. The second-order valence-corrected chi connectivity index (χ2v) is 6.15. The Morgan fingerprint density at radius 3 is 2.58 bits per heavy atom. The smallest absolute Gasteiger partial charge is 0.258 e. The van der Waals surface area contributed by atoms with E-state index in [0.717, 1.165) is 0 Å². The summed E-state index contributed by atoms with van der Waals surface area (Å²) in [6.07, 6.45) is 0.396. The van der Waals surface area contributed by atoms with Crippen LogP contribution in [0.2, 0.25) is 0 Å². The van der Waals surface area contributed by atoms with Gasteiger partial charge in [0.25, 0.3) is 17.7 Å². The number of hydrogen-bond donors (Lipinski definition) is 4. The number of carbonyl (C=O) groups is 4. The zero-order valence-electron chi connectivity index (χ0n) is 14.1. The number of amides is 4. The fourth-order valence-corrected chi connectivity index (χ4v) is 3.21. The highest BCUT2D eigenvalue weighted by Crippen LogP contribution is 2.32. The van der Waals surface area contributed by atoms with Crippen LogP contribution in [0.1, 0.15) is 39.1 Å². The van der Waals surface area contributed by atoms with Crippen LogP contribution in [0.5, 0.6) is 0 Å². The van der Waals surface area contributed by atoms with Crippen molar-refractivity contribution < 1.29 is 23.9 Å². The van der Waals surface area contributed by atoms with Gasteiger partial charge in [-0.25, -0.2) is 0 Å². The van der Waals surface area contributed by atoms with E-state index in [0.29, 0.717) is 31.9 Å². The molecular formula is C17H20N4O5. The largest absolute Gasteiger partial charge is 0.379 e. The predicted molar refractivity (Wildman–Crippen MR) is 90.2 cm³/mol. The summed E-state index contributed by atoms with van der Waals surface area (Å²) in [5, 5.41) is 7.72. The van der Waals surface area contributed by atoms with Crippen molar-refractivity contribution in [1.29, 1.82) is 0 Å². The van der Waals surface area contributed by atoms with Gasteiger partial charge in [-0.2, -0.15) is 0 Å². The normalized spacial score (nSPS) is 22.2. The average molecular weight is 360 g/mol. The molecule has 5 N–H and O–H groups in total. The SMILES string of the molecule is NCCOCCNC1(c2ccc3c(c2)C(=O)NC3=O)CCC(=O)NC1=O. The van der Waals surface area contributed by atoms with Gasteiger partial charge in [0.15, 0.2) is 0 Å². The van der Waals surface area contributed by atoms with Gasteiger partial charge in [-0.1, -0.05) is 6.07 Å². The van der Waals surface area contributed by atoms with Crippen LogP contribution in [-0.2, 0) is 19.9 Å². The van der Waals surface area contributed by atoms with Gasteiger partial charge in [0.05, 0.1) is 24.3 Å². The summed E-state index contributed by atoms with van der Waals surface area (Å²) < 4.78 is 5.32. The van der Waals surface area contributed by atoms with Gasteiger partial charge < -0.3 is 10.5 Å². The van der Waals surface area contributed by atoms with Crippen molar-refractivity contribution in [1.82, 2.24) is 16.0 Å². The van der Waals surface area contributed by atoms with Crippen LogP contribution < -0.4 is 21.7 Å². The average Bonchev–Trinajstić information content (AvgIpc) is 2.90. The molecule has 26 heavy (non-hydrogen) atoms. The summed E-state index contributed by atoms with van der Waals surface area (Å²) in [6, 6.07) is 4.67. The maximum absolute atomic E-state index is 12.7. The topological polar surface area (TPSA) is 140 Å². The van der Waals surface area contributed by atoms with Crippen molar-refractivity contribution in [2.45, 2.75) is 18.4 Å². The highest BCUT2D eigenvalue weighted by Gasteiger charge is 2.44. The minimum atomic E-state index is -1.18. The summed E-state index contributed by atoms with van der Waals surface area (Å²) in [7, 11) is 0. The Morgan fingerprint density at radius 1 is 1.08 bits per heavy atom. The molecule has 1 aromatic rings. The molecule has 3 rings (SSSR count). The van der Waals surface area contributed by atoms with Crippen molar-refractivity contribution in [2.75, 3.05) is 26.3 Å². The van der Waals surface area contributed by atoms with Crippen LogP contribution >= 0.6 is 0 Å². The maximum Gasteiger partial charge on any atom is 0.258 e. The molecule has 2 aliphatic rings. The second-order valence-electron chi connectivity index (χ2n) is 6.15. The zero-order chi connectivity index (χ0) is 18.7. The molecule has 1 atom stereocenters. The van der Waals surface area contributed by atoms with E-state index < -0.39 is 23.3 Å². The molecular weight excluding hydrogens is 340 g/mol. The Labute approximate surface area is 149 Å². The summed E-state index contributed by atoms with van der Waals surface area (Å²) in [5.41, 5.74) is 5.20. The van der Waals surface area contributed by atoms with Crippen LogP contribution in [-0.4, -0.2) is 49.9 Å². The van der Waals surface area contributed by atoms with E-state index in [-0.39, 0.29) is 29.9 Å². The van der Waals surface area contributed by atoms with E-state index in [1.807, 2.05) is 0 Å². The molecule has 1 aromatic carbocycles. The number of hydrogen-bond acceptors (Lipinski definition) is 7. The third kappa shape index (κ3) is 3.24. The van der Waals surface area contributed by atoms with E-state index in [2.05, 4.69) is 16.0 Å².